The van der Waals surface area contributed by atoms with E-state index < -0.39 is 29.6 Å². The van der Waals surface area contributed by atoms with Crippen LogP contribution in [0.15, 0.2) is 72.8 Å². The van der Waals surface area contributed by atoms with Crippen molar-refractivity contribution >= 4 is 17.5 Å². The predicted octanol–water partition coefficient (Wildman–Crippen LogP) is 6.55. The number of nitrogens with one attached hydrogen (secondary N) is 1. The standard InChI is InChI=1S/C28H27F3N2O2/c1-18-9-6-10-19(2)24(18)27(35)33-16-8-15-23(25(33)20-11-4-3-5-12-20)26(34)32-22-14-7-13-21(17-22)28(29,30)31/h3-7,9-14,17,23,25H,8,15-16H2,1-2H3,(H,32,34). The molecule has 0 bridgehead atoms. The van der Waals surface area contributed by atoms with Crippen LogP contribution in [0.25, 0.3) is 0 Å². The Morgan fingerprint density at radius 1 is 0.914 bits per heavy atom. The molecular formula is C28H27F3N2O2. The number of hydrogen-bond acceptors (Lipinski definition) is 2. The van der Waals surface area contributed by atoms with E-state index in [4.69, 9.17) is 0 Å². The summed E-state index contributed by atoms with van der Waals surface area (Å²) in [6.07, 6.45) is -3.38. The summed E-state index contributed by atoms with van der Waals surface area (Å²) >= 11 is 0. The van der Waals surface area contributed by atoms with Gasteiger partial charge in [-0.3, -0.25) is 9.59 Å². The number of halogens is 3. The second-order valence-electron chi connectivity index (χ2n) is 8.94. The van der Waals surface area contributed by atoms with Crippen LogP contribution >= 0.6 is 0 Å². The van der Waals surface area contributed by atoms with Crippen molar-refractivity contribution in [3.63, 3.8) is 0 Å². The number of likely N-dealkylation sites (tertiary alicyclic amines) is 1. The van der Waals surface area contributed by atoms with E-state index in [-0.39, 0.29) is 11.6 Å². The van der Waals surface area contributed by atoms with Gasteiger partial charge in [-0.1, -0.05) is 54.6 Å². The van der Waals surface area contributed by atoms with Crippen molar-refractivity contribution in [3.05, 3.63) is 101 Å². The number of aryl methyl sites for hydroxylation is 2. The fourth-order valence-electron chi connectivity index (χ4n) is 4.86. The average Bonchev–Trinajstić information content (AvgIpc) is 2.83. The molecule has 1 N–H and O–H groups in total. The Hall–Kier alpha value is -3.61. The zero-order chi connectivity index (χ0) is 25.2. The monoisotopic (exact) mass is 480 g/mol. The Kier molecular flexibility index (Phi) is 6.96. The van der Waals surface area contributed by atoms with E-state index in [1.807, 2.05) is 62.4 Å². The number of carbonyl (C=O) groups excluding carboxylic acids is 2. The molecule has 2 amide bonds. The first-order chi connectivity index (χ1) is 16.7. The van der Waals surface area contributed by atoms with E-state index in [0.29, 0.717) is 24.9 Å². The van der Waals surface area contributed by atoms with Gasteiger partial charge in [0.15, 0.2) is 0 Å². The molecule has 2 atom stereocenters. The van der Waals surface area contributed by atoms with Crippen molar-refractivity contribution in [2.45, 2.75) is 38.9 Å². The number of alkyl halides is 3. The molecule has 3 aromatic rings. The first-order valence-electron chi connectivity index (χ1n) is 11.6. The van der Waals surface area contributed by atoms with Crippen LogP contribution in [0.3, 0.4) is 0 Å². The van der Waals surface area contributed by atoms with Crippen LogP contribution in [0.4, 0.5) is 18.9 Å². The molecule has 0 saturated carbocycles. The van der Waals surface area contributed by atoms with Gasteiger partial charge >= 0.3 is 6.18 Å². The van der Waals surface area contributed by atoms with Crippen molar-refractivity contribution in [1.82, 2.24) is 4.90 Å². The number of rotatable bonds is 4. The fourth-order valence-corrected chi connectivity index (χ4v) is 4.86. The summed E-state index contributed by atoms with van der Waals surface area (Å²) in [6, 6.07) is 19.1. The molecule has 1 aliphatic heterocycles. The first-order valence-corrected chi connectivity index (χ1v) is 11.6. The molecule has 1 aliphatic rings. The van der Waals surface area contributed by atoms with Crippen molar-refractivity contribution < 1.29 is 22.8 Å². The van der Waals surface area contributed by atoms with Crippen molar-refractivity contribution in [3.8, 4) is 0 Å². The van der Waals surface area contributed by atoms with E-state index in [2.05, 4.69) is 5.32 Å². The molecule has 3 aromatic carbocycles. The van der Waals surface area contributed by atoms with Gasteiger partial charge in [0, 0.05) is 17.8 Å². The molecule has 1 fully saturated rings. The maximum Gasteiger partial charge on any atom is 0.416 e. The molecule has 2 unspecified atom stereocenters. The third kappa shape index (κ3) is 5.24. The smallest absolute Gasteiger partial charge is 0.331 e. The SMILES string of the molecule is Cc1cccc(C)c1C(=O)N1CCCC(C(=O)Nc2cccc(C(F)(F)F)c2)C1c1ccccc1. The highest BCUT2D eigenvalue weighted by molar-refractivity contribution is 5.99. The van der Waals surface area contributed by atoms with Crippen molar-refractivity contribution in [2.24, 2.45) is 5.92 Å². The number of piperidine rings is 1. The summed E-state index contributed by atoms with van der Waals surface area (Å²) in [5.41, 5.74) is 2.40. The Morgan fingerprint density at radius 2 is 1.57 bits per heavy atom. The molecule has 0 aromatic heterocycles. The fraction of sp³-hybridized carbons (Fsp3) is 0.286. The summed E-state index contributed by atoms with van der Waals surface area (Å²) in [7, 11) is 0. The molecule has 0 aliphatic carbocycles. The minimum atomic E-state index is -4.51. The van der Waals surface area contributed by atoms with Crippen LogP contribution in [0, 0.1) is 19.8 Å². The summed E-state index contributed by atoms with van der Waals surface area (Å²) in [4.78, 5) is 28.9. The predicted molar refractivity (Wildman–Crippen MR) is 129 cm³/mol. The highest BCUT2D eigenvalue weighted by Gasteiger charge is 2.40. The second kappa shape index (κ2) is 9.94. The molecule has 1 saturated heterocycles. The number of nitrogens with zero attached hydrogens (tertiary/aromatic N) is 1. The van der Waals surface area contributed by atoms with Gasteiger partial charge in [0.1, 0.15) is 0 Å². The number of amides is 2. The summed E-state index contributed by atoms with van der Waals surface area (Å²) in [5.74, 6) is -1.17. The molecule has 4 rings (SSSR count). The topological polar surface area (TPSA) is 49.4 Å². The lowest BCUT2D eigenvalue weighted by Gasteiger charge is -2.41. The number of benzene rings is 3. The molecule has 7 heteroatoms. The summed E-state index contributed by atoms with van der Waals surface area (Å²) < 4.78 is 39.5. The van der Waals surface area contributed by atoms with Crippen LogP contribution < -0.4 is 5.32 Å². The van der Waals surface area contributed by atoms with Crippen molar-refractivity contribution in [1.29, 1.82) is 0 Å². The van der Waals surface area contributed by atoms with E-state index in [0.717, 1.165) is 28.8 Å². The van der Waals surface area contributed by atoms with Crippen LogP contribution in [0.2, 0.25) is 0 Å². The van der Waals surface area contributed by atoms with Crippen LogP contribution in [-0.2, 0) is 11.0 Å². The minimum Gasteiger partial charge on any atom is -0.331 e. The van der Waals surface area contributed by atoms with E-state index in [1.54, 1.807) is 4.90 Å². The van der Waals surface area contributed by atoms with Gasteiger partial charge in [0.2, 0.25) is 5.91 Å². The van der Waals surface area contributed by atoms with Gasteiger partial charge in [-0.15, -0.1) is 0 Å². The molecule has 1 heterocycles. The maximum atomic E-state index is 13.8. The lowest BCUT2D eigenvalue weighted by molar-refractivity contribution is -0.137. The lowest BCUT2D eigenvalue weighted by atomic mass is 9.83. The van der Waals surface area contributed by atoms with Crippen LogP contribution in [0.5, 0.6) is 0 Å². The van der Waals surface area contributed by atoms with Crippen molar-refractivity contribution in [2.75, 3.05) is 11.9 Å². The second-order valence-corrected chi connectivity index (χ2v) is 8.94. The summed E-state index contributed by atoms with van der Waals surface area (Å²) in [5, 5.41) is 2.67. The van der Waals surface area contributed by atoms with Gasteiger partial charge in [0.05, 0.1) is 17.5 Å². The molecule has 35 heavy (non-hydrogen) atoms. The molecule has 0 radical (unpaired) electrons. The Balaban J connectivity index is 1.68. The number of anilines is 1. The first kappa shape index (κ1) is 24.5. The minimum absolute atomic E-state index is 0.0786. The van der Waals surface area contributed by atoms with Gasteiger partial charge in [-0.2, -0.15) is 13.2 Å². The number of hydrogen-bond donors (Lipinski definition) is 1. The van der Waals surface area contributed by atoms with Crippen LogP contribution in [0.1, 0.15) is 51.5 Å². The van der Waals surface area contributed by atoms with Gasteiger partial charge in [-0.05, 0) is 61.6 Å². The van der Waals surface area contributed by atoms with Gasteiger partial charge in [0.25, 0.3) is 5.91 Å². The van der Waals surface area contributed by atoms with Gasteiger partial charge < -0.3 is 10.2 Å². The molecule has 182 valence electrons. The largest absolute Gasteiger partial charge is 0.416 e. The van der Waals surface area contributed by atoms with Gasteiger partial charge in [-0.25, -0.2) is 0 Å². The van der Waals surface area contributed by atoms with E-state index in [9.17, 15) is 22.8 Å². The van der Waals surface area contributed by atoms with E-state index in [1.165, 1.54) is 12.1 Å². The zero-order valence-electron chi connectivity index (χ0n) is 19.6. The molecule has 4 nitrogen and oxygen atoms in total. The van der Waals surface area contributed by atoms with Crippen LogP contribution in [-0.4, -0.2) is 23.3 Å². The third-order valence-electron chi connectivity index (χ3n) is 6.52. The van der Waals surface area contributed by atoms with E-state index >= 15 is 0 Å². The molecular weight excluding hydrogens is 453 g/mol. The highest BCUT2D eigenvalue weighted by atomic mass is 19.4. The Labute approximate surface area is 202 Å². The number of carbonyl (C=O) groups is 2. The third-order valence-corrected chi connectivity index (χ3v) is 6.52. The normalized spacial score (nSPS) is 18.3. The Morgan fingerprint density at radius 3 is 2.23 bits per heavy atom. The lowest BCUT2D eigenvalue weighted by Crippen LogP contribution is -2.46. The molecule has 0 spiro atoms. The maximum absolute atomic E-state index is 13.8. The zero-order valence-corrected chi connectivity index (χ0v) is 19.6. The average molecular weight is 481 g/mol. The summed E-state index contributed by atoms with van der Waals surface area (Å²) in [6.45, 7) is 4.26. The quantitative estimate of drug-likeness (QED) is 0.460. The Bertz CT molecular complexity index is 1200. The highest BCUT2D eigenvalue weighted by Crippen LogP contribution is 2.39.